The molecule has 0 aliphatic heterocycles. The van der Waals surface area contributed by atoms with Gasteiger partial charge in [-0.3, -0.25) is 0 Å². The van der Waals surface area contributed by atoms with Crippen molar-refractivity contribution in [2.24, 2.45) is 0 Å². The maximum absolute atomic E-state index is 13.4. The van der Waals surface area contributed by atoms with E-state index in [1.807, 2.05) is 36.4 Å². The SMILES string of the molecule is FCc1nc(-c2ccccc2)oc1Cc1ccc(SCc2ccccc2)cc1. The van der Waals surface area contributed by atoms with Gasteiger partial charge in [-0.05, 0) is 35.4 Å². The molecule has 0 amide bonds. The normalized spacial score (nSPS) is 10.9. The van der Waals surface area contributed by atoms with Gasteiger partial charge >= 0.3 is 0 Å². The second-order valence-electron chi connectivity index (χ2n) is 6.48. The fourth-order valence-corrected chi connectivity index (χ4v) is 3.81. The van der Waals surface area contributed by atoms with Crippen molar-refractivity contribution in [3.63, 3.8) is 0 Å². The number of rotatable bonds is 7. The Morgan fingerprint density at radius 1 is 0.786 bits per heavy atom. The first-order valence-corrected chi connectivity index (χ1v) is 10.2. The molecule has 0 radical (unpaired) electrons. The number of thioether (sulfide) groups is 1. The minimum absolute atomic E-state index is 0.376. The molecule has 0 bridgehead atoms. The van der Waals surface area contributed by atoms with Gasteiger partial charge in [-0.2, -0.15) is 0 Å². The topological polar surface area (TPSA) is 26.0 Å². The van der Waals surface area contributed by atoms with Crippen molar-refractivity contribution in [2.45, 2.75) is 23.7 Å². The Hall–Kier alpha value is -2.85. The lowest BCUT2D eigenvalue weighted by atomic mass is 10.1. The summed E-state index contributed by atoms with van der Waals surface area (Å²) in [6.07, 6.45) is 0.530. The van der Waals surface area contributed by atoms with Gasteiger partial charge in [0.15, 0.2) is 0 Å². The van der Waals surface area contributed by atoms with Crippen molar-refractivity contribution in [1.82, 2.24) is 4.98 Å². The van der Waals surface area contributed by atoms with Gasteiger partial charge in [-0.25, -0.2) is 9.37 Å². The van der Waals surface area contributed by atoms with Gasteiger partial charge < -0.3 is 4.42 Å². The molecule has 1 aromatic heterocycles. The Balaban J connectivity index is 1.45. The lowest BCUT2D eigenvalue weighted by Crippen LogP contribution is -1.91. The van der Waals surface area contributed by atoms with Crippen molar-refractivity contribution >= 4 is 11.8 Å². The second kappa shape index (κ2) is 8.89. The largest absolute Gasteiger partial charge is 0.440 e. The van der Waals surface area contributed by atoms with E-state index >= 15 is 0 Å². The maximum atomic E-state index is 13.4. The van der Waals surface area contributed by atoms with Gasteiger partial charge in [-0.15, -0.1) is 11.8 Å². The molecule has 0 atom stereocenters. The summed E-state index contributed by atoms with van der Waals surface area (Å²) in [5.74, 6) is 2.00. The van der Waals surface area contributed by atoms with Crippen LogP contribution in [0.15, 0.2) is 94.2 Å². The zero-order valence-corrected chi connectivity index (χ0v) is 16.2. The highest BCUT2D eigenvalue weighted by atomic mass is 32.2. The second-order valence-corrected chi connectivity index (χ2v) is 7.53. The summed E-state index contributed by atoms with van der Waals surface area (Å²) in [7, 11) is 0. The minimum Gasteiger partial charge on any atom is -0.440 e. The van der Waals surface area contributed by atoms with Crippen molar-refractivity contribution in [3.05, 3.63) is 108 Å². The lowest BCUT2D eigenvalue weighted by molar-refractivity contribution is 0.462. The van der Waals surface area contributed by atoms with Crippen molar-refractivity contribution in [2.75, 3.05) is 0 Å². The number of oxazole rings is 1. The summed E-state index contributed by atoms with van der Waals surface area (Å²) in [5, 5.41) is 0. The number of benzene rings is 3. The monoisotopic (exact) mass is 389 g/mol. The maximum Gasteiger partial charge on any atom is 0.226 e. The van der Waals surface area contributed by atoms with Gasteiger partial charge in [0, 0.05) is 22.6 Å². The molecule has 2 nitrogen and oxygen atoms in total. The zero-order valence-electron chi connectivity index (χ0n) is 15.3. The quantitative estimate of drug-likeness (QED) is 0.329. The first-order chi connectivity index (χ1) is 13.8. The molecule has 0 aliphatic rings. The summed E-state index contributed by atoms with van der Waals surface area (Å²) >= 11 is 1.80. The molecule has 4 aromatic rings. The molecule has 4 heteroatoms. The third-order valence-corrected chi connectivity index (χ3v) is 5.55. The van der Waals surface area contributed by atoms with Gasteiger partial charge in [-0.1, -0.05) is 60.7 Å². The number of hydrogen-bond donors (Lipinski definition) is 0. The van der Waals surface area contributed by atoms with E-state index in [1.54, 1.807) is 11.8 Å². The highest BCUT2D eigenvalue weighted by molar-refractivity contribution is 7.98. The molecule has 0 unspecified atom stereocenters. The molecular formula is C24H20FNOS. The number of nitrogens with zero attached hydrogens (tertiary/aromatic N) is 1. The van der Waals surface area contributed by atoms with Crippen LogP contribution in [0.5, 0.6) is 0 Å². The van der Waals surface area contributed by atoms with Crippen LogP contribution in [-0.4, -0.2) is 4.98 Å². The lowest BCUT2D eigenvalue weighted by Gasteiger charge is -2.04. The van der Waals surface area contributed by atoms with Crippen LogP contribution in [0.25, 0.3) is 11.5 Å². The molecule has 0 saturated heterocycles. The van der Waals surface area contributed by atoms with Crippen LogP contribution in [0.3, 0.4) is 0 Å². The van der Waals surface area contributed by atoms with Crippen molar-refractivity contribution in [1.29, 1.82) is 0 Å². The van der Waals surface area contributed by atoms with Crippen LogP contribution in [0.1, 0.15) is 22.6 Å². The van der Waals surface area contributed by atoms with E-state index in [0.29, 0.717) is 23.8 Å². The molecule has 0 spiro atoms. The van der Waals surface area contributed by atoms with E-state index in [4.69, 9.17) is 4.42 Å². The Morgan fingerprint density at radius 2 is 1.46 bits per heavy atom. The van der Waals surface area contributed by atoms with E-state index in [0.717, 1.165) is 16.9 Å². The first-order valence-electron chi connectivity index (χ1n) is 9.17. The number of aromatic nitrogens is 1. The standard InChI is InChI=1S/C24H20FNOS/c25-16-22-23(27-24(26-22)20-9-5-2-6-10-20)15-18-11-13-21(14-12-18)28-17-19-7-3-1-4-8-19/h1-14H,15-17H2. The average molecular weight is 389 g/mol. The van der Waals surface area contributed by atoms with Crippen LogP contribution in [0, 0.1) is 0 Å². The van der Waals surface area contributed by atoms with Gasteiger partial charge in [0.05, 0.1) is 0 Å². The third-order valence-electron chi connectivity index (χ3n) is 4.46. The molecule has 140 valence electrons. The predicted molar refractivity (Wildman–Crippen MR) is 112 cm³/mol. The van der Waals surface area contributed by atoms with E-state index in [2.05, 4.69) is 53.5 Å². The first kappa shape index (κ1) is 18.5. The fraction of sp³-hybridized carbons (Fsp3) is 0.125. The van der Waals surface area contributed by atoms with E-state index in [9.17, 15) is 4.39 Å². The average Bonchev–Trinajstić information content (AvgIpc) is 3.17. The summed E-state index contributed by atoms with van der Waals surface area (Å²) in [6.45, 7) is -0.628. The molecule has 0 aliphatic carbocycles. The van der Waals surface area contributed by atoms with Crippen LogP contribution >= 0.6 is 11.8 Å². The molecule has 0 saturated carbocycles. The van der Waals surface area contributed by atoms with Crippen molar-refractivity contribution in [3.8, 4) is 11.5 Å². The molecule has 3 aromatic carbocycles. The van der Waals surface area contributed by atoms with Gasteiger partial charge in [0.1, 0.15) is 18.1 Å². The summed E-state index contributed by atoms with van der Waals surface area (Å²) in [5.41, 5.74) is 3.62. The summed E-state index contributed by atoms with van der Waals surface area (Å²) < 4.78 is 19.3. The summed E-state index contributed by atoms with van der Waals surface area (Å²) in [4.78, 5) is 5.54. The zero-order chi connectivity index (χ0) is 19.2. The Labute approximate surface area is 168 Å². The molecule has 0 fully saturated rings. The Bertz CT molecular complexity index is 1010. The smallest absolute Gasteiger partial charge is 0.226 e. The van der Waals surface area contributed by atoms with E-state index in [1.165, 1.54) is 10.5 Å². The predicted octanol–water partition coefficient (Wildman–Crippen LogP) is 6.69. The highest BCUT2D eigenvalue weighted by Gasteiger charge is 2.15. The number of halogens is 1. The van der Waals surface area contributed by atoms with Crippen molar-refractivity contribution < 1.29 is 8.81 Å². The third kappa shape index (κ3) is 4.52. The van der Waals surface area contributed by atoms with Crippen LogP contribution < -0.4 is 0 Å². The number of hydrogen-bond acceptors (Lipinski definition) is 3. The molecular weight excluding hydrogens is 369 g/mol. The Kier molecular flexibility index (Phi) is 5.88. The minimum atomic E-state index is -0.628. The van der Waals surface area contributed by atoms with Gasteiger partial charge in [0.2, 0.25) is 5.89 Å². The van der Waals surface area contributed by atoms with Crippen LogP contribution in [-0.2, 0) is 18.8 Å². The van der Waals surface area contributed by atoms with Crippen LogP contribution in [0.2, 0.25) is 0 Å². The highest BCUT2D eigenvalue weighted by Crippen LogP contribution is 2.26. The summed E-state index contributed by atoms with van der Waals surface area (Å²) in [6, 6.07) is 28.3. The number of alkyl halides is 1. The van der Waals surface area contributed by atoms with E-state index < -0.39 is 6.67 Å². The Morgan fingerprint density at radius 3 is 2.14 bits per heavy atom. The van der Waals surface area contributed by atoms with Crippen LogP contribution in [0.4, 0.5) is 4.39 Å². The fourth-order valence-electron chi connectivity index (χ4n) is 2.96. The molecule has 28 heavy (non-hydrogen) atoms. The van der Waals surface area contributed by atoms with Gasteiger partial charge in [0.25, 0.3) is 0 Å². The molecule has 1 heterocycles. The van der Waals surface area contributed by atoms with E-state index in [-0.39, 0.29) is 0 Å². The molecule has 4 rings (SSSR count). The molecule has 0 N–H and O–H groups in total.